The maximum absolute atomic E-state index is 15.1. The zero-order valence-corrected chi connectivity index (χ0v) is 17.7. The zero-order chi connectivity index (χ0) is 23.6. The van der Waals surface area contributed by atoms with Gasteiger partial charge in [0, 0.05) is 23.2 Å². The Morgan fingerprint density at radius 2 is 1.94 bits per heavy atom. The molecule has 1 saturated carbocycles. The number of amides is 1. The molecule has 1 amide bonds. The van der Waals surface area contributed by atoms with E-state index < -0.39 is 33.8 Å². The van der Waals surface area contributed by atoms with Gasteiger partial charge < -0.3 is 4.90 Å². The fraction of sp³-hybridized carbons (Fsp3) is 0.364. The summed E-state index contributed by atoms with van der Waals surface area (Å²) in [6, 6.07) is 5.41. The number of hydroxylamine groups is 1. The molecule has 3 aliphatic rings. The van der Waals surface area contributed by atoms with Crippen molar-refractivity contribution >= 4 is 23.2 Å². The second-order valence-electron chi connectivity index (χ2n) is 8.49. The number of halogens is 6. The fourth-order valence-electron chi connectivity index (χ4n) is 4.00. The highest BCUT2D eigenvalue weighted by molar-refractivity contribution is 6.30. The predicted molar refractivity (Wildman–Crippen MR) is 108 cm³/mol. The largest absolute Gasteiger partial charge is 0.428 e. The molecule has 2 aliphatic heterocycles. The summed E-state index contributed by atoms with van der Waals surface area (Å²) < 4.78 is 70.6. The van der Waals surface area contributed by atoms with E-state index >= 15 is 4.39 Å². The third kappa shape index (κ3) is 3.65. The van der Waals surface area contributed by atoms with Crippen molar-refractivity contribution in [2.24, 2.45) is 5.92 Å². The summed E-state index contributed by atoms with van der Waals surface area (Å²) in [4.78, 5) is 22.5. The van der Waals surface area contributed by atoms with Crippen molar-refractivity contribution < 1.29 is 31.6 Å². The molecule has 2 aromatic rings. The van der Waals surface area contributed by atoms with Crippen LogP contribution >= 0.6 is 11.6 Å². The van der Waals surface area contributed by atoms with Crippen molar-refractivity contribution in [3.8, 4) is 0 Å². The van der Waals surface area contributed by atoms with Crippen LogP contribution in [-0.2, 0) is 20.9 Å². The molecule has 3 heterocycles. The molecule has 11 heteroatoms. The number of pyridine rings is 1. The van der Waals surface area contributed by atoms with Crippen molar-refractivity contribution in [3.05, 3.63) is 70.3 Å². The Hall–Kier alpha value is -2.72. The monoisotopic (exact) mass is 485 g/mol. The first-order valence-electron chi connectivity index (χ1n) is 10.2. The molecule has 1 atom stereocenters. The molecule has 0 bridgehead atoms. The Morgan fingerprint density at radius 3 is 2.52 bits per heavy atom. The van der Waals surface area contributed by atoms with E-state index in [-0.39, 0.29) is 41.9 Å². The Balaban J connectivity index is 1.39. The predicted octanol–water partition coefficient (Wildman–Crippen LogP) is 4.62. The average molecular weight is 486 g/mol. The van der Waals surface area contributed by atoms with Gasteiger partial charge in [-0.25, -0.2) is 8.78 Å². The normalized spacial score (nSPS) is 24.2. The molecular weight excluding hydrogens is 469 g/mol. The number of rotatable bonds is 4. The highest BCUT2D eigenvalue weighted by Gasteiger charge is 2.59. The molecule has 0 spiro atoms. The zero-order valence-electron chi connectivity index (χ0n) is 16.9. The van der Waals surface area contributed by atoms with Crippen molar-refractivity contribution in [1.82, 2.24) is 15.4 Å². The molecule has 1 saturated heterocycles. The van der Waals surface area contributed by atoms with Gasteiger partial charge in [-0.15, -0.1) is 0 Å². The first kappa shape index (κ1) is 22.1. The number of nitrogens with one attached hydrogen (secondary N) is 1. The first-order valence-corrected chi connectivity index (χ1v) is 10.5. The number of carbonyl (C=O) groups excluding carboxylic acids is 1. The number of alkyl halides is 4. The van der Waals surface area contributed by atoms with E-state index in [1.54, 1.807) is 0 Å². The van der Waals surface area contributed by atoms with Crippen molar-refractivity contribution in [1.29, 1.82) is 0 Å². The third-order valence-electron chi connectivity index (χ3n) is 6.09. The molecule has 5 rings (SSSR count). The van der Waals surface area contributed by atoms with Crippen LogP contribution in [0.5, 0.6) is 0 Å². The number of hydrogen-bond donors (Lipinski definition) is 1. The maximum Gasteiger partial charge on any atom is 0.428 e. The van der Waals surface area contributed by atoms with Crippen LogP contribution in [0.4, 0.5) is 22.0 Å². The van der Waals surface area contributed by atoms with E-state index in [1.807, 2.05) is 0 Å². The topological polar surface area (TPSA) is 54.5 Å². The molecule has 0 radical (unpaired) electrons. The van der Waals surface area contributed by atoms with Crippen LogP contribution in [0.15, 0.2) is 42.6 Å². The summed E-state index contributed by atoms with van der Waals surface area (Å²) in [7, 11) is 0. The van der Waals surface area contributed by atoms with Gasteiger partial charge in [-0.3, -0.25) is 20.1 Å². The lowest BCUT2D eigenvalue weighted by molar-refractivity contribution is -0.269. The lowest BCUT2D eigenvalue weighted by Gasteiger charge is -2.44. The van der Waals surface area contributed by atoms with E-state index in [0.29, 0.717) is 0 Å². The van der Waals surface area contributed by atoms with Gasteiger partial charge >= 0.3 is 6.18 Å². The standard InChI is InChI=1S/C22H17ClF5N3O2/c23-15-7-14(4-5-16(15)24)21(22(26,27)28)8-17(30-33-21)13-3-6-18(29-9-13)20(25)10-31(11-20)19(32)12-1-2-12/h3-9,12,30H,1-2,10-11H2. The van der Waals surface area contributed by atoms with E-state index in [2.05, 4.69) is 10.5 Å². The second kappa shape index (κ2) is 7.39. The van der Waals surface area contributed by atoms with Crippen LogP contribution in [0.2, 0.25) is 5.02 Å². The lowest BCUT2D eigenvalue weighted by Crippen LogP contribution is -2.59. The van der Waals surface area contributed by atoms with Crippen LogP contribution < -0.4 is 5.48 Å². The summed E-state index contributed by atoms with van der Waals surface area (Å²) in [5.74, 6) is -0.918. The average Bonchev–Trinajstić information content (AvgIpc) is 3.50. The minimum absolute atomic E-state index is 0.00449. The van der Waals surface area contributed by atoms with Crippen LogP contribution in [-0.4, -0.2) is 35.1 Å². The third-order valence-corrected chi connectivity index (χ3v) is 6.38. The van der Waals surface area contributed by atoms with E-state index in [1.165, 1.54) is 23.2 Å². The molecule has 5 nitrogen and oxygen atoms in total. The van der Waals surface area contributed by atoms with E-state index in [9.17, 15) is 22.4 Å². The molecule has 174 valence electrons. The molecule has 1 aromatic carbocycles. The fourth-order valence-corrected chi connectivity index (χ4v) is 4.18. The van der Waals surface area contributed by atoms with E-state index in [0.717, 1.165) is 37.1 Å². The maximum atomic E-state index is 15.1. The Labute approximate surface area is 190 Å². The van der Waals surface area contributed by atoms with Gasteiger partial charge in [0.05, 0.1) is 29.5 Å². The Bertz CT molecular complexity index is 1140. The number of benzene rings is 1. The van der Waals surface area contributed by atoms with Gasteiger partial charge in [0.15, 0.2) is 5.67 Å². The summed E-state index contributed by atoms with van der Waals surface area (Å²) in [6.07, 6.45) is -1.21. The minimum Gasteiger partial charge on any atom is -0.335 e. The second-order valence-corrected chi connectivity index (χ2v) is 8.90. The van der Waals surface area contributed by atoms with Gasteiger partial charge in [0.1, 0.15) is 5.82 Å². The van der Waals surface area contributed by atoms with Gasteiger partial charge in [-0.2, -0.15) is 13.2 Å². The van der Waals surface area contributed by atoms with Crippen LogP contribution in [0.25, 0.3) is 5.70 Å². The summed E-state index contributed by atoms with van der Waals surface area (Å²) >= 11 is 5.68. The number of nitrogens with zero attached hydrogens (tertiary/aromatic N) is 2. The highest BCUT2D eigenvalue weighted by Crippen LogP contribution is 2.48. The van der Waals surface area contributed by atoms with Crippen molar-refractivity contribution in [3.63, 3.8) is 0 Å². The molecule has 1 aliphatic carbocycles. The van der Waals surface area contributed by atoms with Crippen molar-refractivity contribution in [2.75, 3.05) is 13.1 Å². The summed E-state index contributed by atoms with van der Waals surface area (Å²) in [6.45, 7) is -0.192. The number of hydrogen-bond acceptors (Lipinski definition) is 4. The summed E-state index contributed by atoms with van der Waals surface area (Å²) in [5, 5.41) is -0.476. The lowest BCUT2D eigenvalue weighted by atomic mass is 9.90. The molecular formula is C22H17ClF5N3O2. The van der Waals surface area contributed by atoms with Crippen LogP contribution in [0.1, 0.15) is 29.7 Å². The Kier molecular flexibility index (Phi) is 4.95. The molecule has 1 aromatic heterocycles. The Morgan fingerprint density at radius 1 is 1.21 bits per heavy atom. The van der Waals surface area contributed by atoms with Crippen LogP contribution in [0, 0.1) is 11.7 Å². The molecule has 33 heavy (non-hydrogen) atoms. The van der Waals surface area contributed by atoms with E-state index in [4.69, 9.17) is 16.4 Å². The molecule has 1 N–H and O–H groups in total. The molecule has 1 unspecified atom stereocenters. The van der Waals surface area contributed by atoms with Gasteiger partial charge in [0.25, 0.3) is 0 Å². The number of likely N-dealkylation sites (tertiary alicyclic amines) is 1. The minimum atomic E-state index is -4.90. The van der Waals surface area contributed by atoms with Crippen molar-refractivity contribution in [2.45, 2.75) is 30.3 Å². The van der Waals surface area contributed by atoms with Gasteiger partial charge in [-0.1, -0.05) is 17.7 Å². The quantitative estimate of drug-likeness (QED) is 0.642. The SMILES string of the molecule is O=C(C1CC1)N1CC(F)(c2ccc(C3=CC(c4ccc(F)c(Cl)c4)(C(F)(F)F)ON3)cn2)C1. The highest BCUT2D eigenvalue weighted by atomic mass is 35.5. The number of aromatic nitrogens is 1. The smallest absolute Gasteiger partial charge is 0.335 e. The number of carbonyl (C=O) groups is 1. The van der Waals surface area contributed by atoms with Gasteiger partial charge in [0.2, 0.25) is 11.5 Å². The van der Waals surface area contributed by atoms with Crippen LogP contribution in [0.3, 0.4) is 0 Å². The summed E-state index contributed by atoms with van der Waals surface area (Å²) in [5.41, 5.74) is -2.58. The molecule has 2 fully saturated rings. The van der Waals surface area contributed by atoms with Gasteiger partial charge in [-0.05, 0) is 43.2 Å². The first-order chi connectivity index (χ1) is 15.5.